The van der Waals surface area contributed by atoms with Gasteiger partial charge in [-0.05, 0) is 51.4 Å². The molecule has 0 bridgehead atoms. The van der Waals surface area contributed by atoms with Crippen LogP contribution in [0, 0.1) is 17.8 Å². The summed E-state index contributed by atoms with van der Waals surface area (Å²) in [5.74, 6) is 0.486. The van der Waals surface area contributed by atoms with Crippen molar-refractivity contribution in [2.75, 3.05) is 5.32 Å². The normalized spacial score (nSPS) is 22.1. The number of hydrogen-bond donors (Lipinski definition) is 2. The number of rotatable bonds is 5. The zero-order valence-corrected chi connectivity index (χ0v) is 14.4. The van der Waals surface area contributed by atoms with Gasteiger partial charge in [0.15, 0.2) is 5.54 Å². The molecule has 1 heterocycles. The minimum absolute atomic E-state index is 0.0138. The maximum atomic E-state index is 12.4. The molecule has 1 fully saturated rings. The first-order chi connectivity index (χ1) is 10.7. The number of aliphatic carboxylic acids is 1. The van der Waals surface area contributed by atoms with Crippen molar-refractivity contribution in [1.82, 2.24) is 9.78 Å². The monoisotopic (exact) mass is 321 g/mol. The third kappa shape index (κ3) is 3.92. The van der Waals surface area contributed by atoms with E-state index >= 15 is 0 Å². The van der Waals surface area contributed by atoms with Gasteiger partial charge in [-0.3, -0.25) is 9.48 Å². The summed E-state index contributed by atoms with van der Waals surface area (Å²) < 4.78 is 1.36. The summed E-state index contributed by atoms with van der Waals surface area (Å²) in [6, 6.07) is 0. The second-order valence-corrected chi connectivity index (χ2v) is 7.38. The van der Waals surface area contributed by atoms with Crippen LogP contribution >= 0.6 is 0 Å². The number of carboxylic acids is 1. The summed E-state index contributed by atoms with van der Waals surface area (Å²) in [7, 11) is 0. The van der Waals surface area contributed by atoms with E-state index in [1.165, 1.54) is 10.9 Å². The Balaban J connectivity index is 1.94. The summed E-state index contributed by atoms with van der Waals surface area (Å²) in [6.07, 6.45) is 7.11. The number of carbonyl (C=O) groups excluding carboxylic acids is 1. The summed E-state index contributed by atoms with van der Waals surface area (Å²) in [5, 5.41) is 16.1. The number of anilines is 1. The van der Waals surface area contributed by atoms with Crippen molar-refractivity contribution >= 4 is 17.6 Å². The Morgan fingerprint density at radius 1 is 1.30 bits per heavy atom. The number of aromatic nitrogens is 2. The lowest BCUT2D eigenvalue weighted by Gasteiger charge is -2.30. The smallest absolute Gasteiger partial charge is 0.331 e. The molecule has 2 N–H and O–H groups in total. The molecule has 1 saturated carbocycles. The molecule has 0 atom stereocenters. The Labute approximate surface area is 137 Å². The van der Waals surface area contributed by atoms with Crippen LogP contribution in [0.5, 0.6) is 0 Å². The van der Waals surface area contributed by atoms with Crippen molar-refractivity contribution in [2.45, 2.75) is 58.9 Å². The van der Waals surface area contributed by atoms with E-state index in [1.807, 2.05) is 0 Å². The fourth-order valence-corrected chi connectivity index (χ4v) is 3.08. The molecule has 0 radical (unpaired) electrons. The van der Waals surface area contributed by atoms with Crippen LogP contribution in [0.1, 0.15) is 53.4 Å². The van der Waals surface area contributed by atoms with Crippen molar-refractivity contribution in [3.63, 3.8) is 0 Å². The highest BCUT2D eigenvalue weighted by molar-refractivity contribution is 5.92. The Hall–Kier alpha value is -1.85. The van der Waals surface area contributed by atoms with Gasteiger partial charge in [-0.2, -0.15) is 5.10 Å². The molecule has 1 aliphatic carbocycles. The van der Waals surface area contributed by atoms with Crippen molar-refractivity contribution in [1.29, 1.82) is 0 Å². The van der Waals surface area contributed by atoms with Gasteiger partial charge in [0.25, 0.3) is 0 Å². The number of nitrogens with zero attached hydrogens (tertiary/aromatic N) is 2. The lowest BCUT2D eigenvalue weighted by atomic mass is 9.77. The van der Waals surface area contributed by atoms with Gasteiger partial charge in [-0.25, -0.2) is 4.79 Å². The molecule has 6 heteroatoms. The standard InChI is InChI=1S/C17H27N3O3/c1-11(2)12-5-7-13(8-6-12)15(21)19-14-9-18-20(10-14)17(3,4)16(22)23/h9-13H,5-8H2,1-4H3,(H,19,21)(H,22,23). The Morgan fingerprint density at radius 3 is 2.43 bits per heavy atom. The minimum atomic E-state index is -1.14. The summed E-state index contributed by atoms with van der Waals surface area (Å²) in [4.78, 5) is 23.6. The zero-order valence-electron chi connectivity index (χ0n) is 14.4. The third-order valence-corrected chi connectivity index (χ3v) is 5.03. The second kappa shape index (κ2) is 6.72. The summed E-state index contributed by atoms with van der Waals surface area (Å²) in [6.45, 7) is 7.62. The molecule has 0 spiro atoms. The van der Waals surface area contributed by atoms with Gasteiger partial charge in [0.1, 0.15) is 0 Å². The number of hydrogen-bond acceptors (Lipinski definition) is 3. The molecule has 1 aliphatic rings. The molecule has 128 valence electrons. The largest absolute Gasteiger partial charge is 0.479 e. The van der Waals surface area contributed by atoms with Gasteiger partial charge in [-0.15, -0.1) is 0 Å². The fourth-order valence-electron chi connectivity index (χ4n) is 3.08. The molecule has 6 nitrogen and oxygen atoms in total. The molecule has 0 unspecified atom stereocenters. The van der Waals surface area contributed by atoms with Crippen LogP contribution in [0.4, 0.5) is 5.69 Å². The van der Waals surface area contributed by atoms with Crippen molar-refractivity contribution in [3.8, 4) is 0 Å². The lowest BCUT2D eigenvalue weighted by Crippen LogP contribution is -2.36. The molecule has 1 aromatic heterocycles. The van der Waals surface area contributed by atoms with Crippen LogP contribution in [0.15, 0.2) is 12.4 Å². The minimum Gasteiger partial charge on any atom is -0.479 e. The van der Waals surface area contributed by atoms with E-state index in [0.29, 0.717) is 11.6 Å². The average Bonchev–Trinajstić information content (AvgIpc) is 2.96. The first kappa shape index (κ1) is 17.5. The van der Waals surface area contributed by atoms with Gasteiger partial charge >= 0.3 is 5.97 Å². The highest BCUT2D eigenvalue weighted by atomic mass is 16.4. The Kier molecular flexibility index (Phi) is 5.12. The average molecular weight is 321 g/mol. The van der Waals surface area contributed by atoms with E-state index in [0.717, 1.165) is 31.6 Å². The fraction of sp³-hybridized carbons (Fsp3) is 0.706. The van der Waals surface area contributed by atoms with Gasteiger partial charge in [0, 0.05) is 12.1 Å². The Bertz CT molecular complexity index is 569. The number of carbonyl (C=O) groups is 2. The number of amides is 1. The zero-order chi connectivity index (χ0) is 17.2. The van der Waals surface area contributed by atoms with Crippen LogP contribution in [0.25, 0.3) is 0 Å². The van der Waals surface area contributed by atoms with Crippen LogP contribution < -0.4 is 5.32 Å². The molecular weight excluding hydrogens is 294 g/mol. The molecular formula is C17H27N3O3. The van der Waals surface area contributed by atoms with Gasteiger partial charge < -0.3 is 10.4 Å². The van der Waals surface area contributed by atoms with E-state index in [1.54, 1.807) is 20.0 Å². The number of nitrogens with one attached hydrogen (secondary N) is 1. The van der Waals surface area contributed by atoms with Crippen LogP contribution in [0.3, 0.4) is 0 Å². The van der Waals surface area contributed by atoms with E-state index in [2.05, 4.69) is 24.3 Å². The molecule has 2 rings (SSSR count). The van der Waals surface area contributed by atoms with E-state index in [-0.39, 0.29) is 11.8 Å². The van der Waals surface area contributed by atoms with Crippen LogP contribution in [-0.4, -0.2) is 26.8 Å². The quantitative estimate of drug-likeness (QED) is 0.872. The Morgan fingerprint density at radius 2 is 1.91 bits per heavy atom. The van der Waals surface area contributed by atoms with Crippen molar-refractivity contribution in [3.05, 3.63) is 12.4 Å². The topological polar surface area (TPSA) is 84.2 Å². The highest BCUT2D eigenvalue weighted by Gasteiger charge is 2.31. The highest BCUT2D eigenvalue weighted by Crippen LogP contribution is 2.33. The predicted octanol–water partition coefficient (Wildman–Crippen LogP) is 3.10. The molecule has 1 aromatic rings. The summed E-state index contributed by atoms with van der Waals surface area (Å²) >= 11 is 0. The van der Waals surface area contributed by atoms with E-state index < -0.39 is 11.5 Å². The van der Waals surface area contributed by atoms with E-state index in [4.69, 9.17) is 0 Å². The predicted molar refractivity (Wildman–Crippen MR) is 88.1 cm³/mol. The summed E-state index contributed by atoms with van der Waals surface area (Å²) in [5.41, 5.74) is -0.589. The SMILES string of the molecule is CC(C)C1CCC(C(=O)Nc2cnn(C(C)(C)C(=O)O)c2)CC1. The second-order valence-electron chi connectivity index (χ2n) is 7.38. The molecule has 0 aromatic carbocycles. The molecule has 0 aliphatic heterocycles. The van der Waals surface area contributed by atoms with Crippen molar-refractivity contribution < 1.29 is 14.7 Å². The number of carboxylic acid groups (broad SMARTS) is 1. The van der Waals surface area contributed by atoms with Gasteiger partial charge in [0.2, 0.25) is 5.91 Å². The van der Waals surface area contributed by atoms with Crippen LogP contribution in [0.2, 0.25) is 0 Å². The van der Waals surface area contributed by atoms with Gasteiger partial charge in [0.05, 0.1) is 11.9 Å². The van der Waals surface area contributed by atoms with Crippen molar-refractivity contribution in [2.24, 2.45) is 17.8 Å². The molecule has 0 saturated heterocycles. The first-order valence-corrected chi connectivity index (χ1v) is 8.31. The molecule has 23 heavy (non-hydrogen) atoms. The van der Waals surface area contributed by atoms with Gasteiger partial charge in [-0.1, -0.05) is 13.8 Å². The first-order valence-electron chi connectivity index (χ1n) is 8.31. The maximum absolute atomic E-state index is 12.4. The van der Waals surface area contributed by atoms with Crippen LogP contribution in [-0.2, 0) is 15.1 Å². The third-order valence-electron chi connectivity index (χ3n) is 5.03. The van der Waals surface area contributed by atoms with E-state index in [9.17, 15) is 14.7 Å². The maximum Gasteiger partial charge on any atom is 0.331 e. The molecule has 1 amide bonds. The lowest BCUT2D eigenvalue weighted by molar-refractivity contribution is -0.146.